The maximum atomic E-state index is 12.4. The maximum Gasteiger partial charge on any atom is 0.407 e. The molecule has 0 saturated carbocycles. The summed E-state index contributed by atoms with van der Waals surface area (Å²) in [4.78, 5) is 23.7. The number of ether oxygens (including phenoxy) is 1. The number of alkyl carbamates (subject to hydrolysis) is 1. The van der Waals surface area contributed by atoms with Gasteiger partial charge in [-0.05, 0) is 55.7 Å². The monoisotopic (exact) mass is 501 g/mol. The third-order valence-corrected chi connectivity index (χ3v) is 12.7. The molecule has 0 saturated heterocycles. The van der Waals surface area contributed by atoms with Crippen molar-refractivity contribution in [3.05, 3.63) is 12.2 Å². The van der Waals surface area contributed by atoms with Crippen molar-refractivity contribution in [3.63, 3.8) is 0 Å². The summed E-state index contributed by atoms with van der Waals surface area (Å²) in [6.45, 7) is 27.1. The molecule has 0 spiro atoms. The summed E-state index contributed by atoms with van der Waals surface area (Å²) in [5, 5.41) is 22.7. The molecule has 7 nitrogen and oxygen atoms in total. The molecule has 0 heterocycles. The Morgan fingerprint density at radius 2 is 1.44 bits per heavy atom. The fourth-order valence-corrected chi connectivity index (χ4v) is 10.4. The highest BCUT2D eigenvalue weighted by Crippen LogP contribution is 2.43. The minimum absolute atomic E-state index is 0.105. The minimum atomic E-state index is -1.99. The number of hydrogen-bond acceptors (Lipinski definition) is 5. The molecule has 0 aliphatic heterocycles. The summed E-state index contributed by atoms with van der Waals surface area (Å²) >= 11 is 0. The predicted octanol–water partition coefficient (Wildman–Crippen LogP) is 6.27. The molecule has 0 aromatic rings. The molecule has 0 fully saturated rings. The Morgan fingerprint density at radius 3 is 1.82 bits per heavy atom. The van der Waals surface area contributed by atoms with Gasteiger partial charge in [-0.15, -0.1) is 0 Å². The second-order valence-corrected chi connectivity index (χ2v) is 17.7. The SMILES string of the molecule is C=C(CC(O)C(CC(C)(C)CCO[Si](C(C)C)(C(C)C)C(C)C)NC(=O)OC(C)(C)C)C(=O)O. The van der Waals surface area contributed by atoms with E-state index in [2.05, 4.69) is 67.3 Å². The van der Waals surface area contributed by atoms with Gasteiger partial charge in [0.05, 0.1) is 12.1 Å². The van der Waals surface area contributed by atoms with Crippen LogP contribution in [0.1, 0.15) is 95.4 Å². The molecular formula is C26H51NO6Si. The molecule has 0 rings (SSSR count). The van der Waals surface area contributed by atoms with Crippen LogP contribution in [-0.2, 0) is 14.0 Å². The molecule has 1 amide bonds. The van der Waals surface area contributed by atoms with Gasteiger partial charge in [-0.1, -0.05) is 62.0 Å². The van der Waals surface area contributed by atoms with Crippen molar-refractivity contribution < 1.29 is 29.0 Å². The van der Waals surface area contributed by atoms with Crippen molar-refractivity contribution in [2.75, 3.05) is 6.61 Å². The summed E-state index contributed by atoms with van der Waals surface area (Å²) in [6.07, 6.45) is -0.718. The fourth-order valence-electron chi connectivity index (χ4n) is 4.93. The van der Waals surface area contributed by atoms with Crippen molar-refractivity contribution >= 4 is 20.4 Å². The Bertz CT molecular complexity index is 659. The lowest BCUT2D eigenvalue weighted by Crippen LogP contribution is -2.49. The smallest absolute Gasteiger partial charge is 0.407 e. The van der Waals surface area contributed by atoms with Gasteiger partial charge in [-0.2, -0.15) is 0 Å². The topological polar surface area (TPSA) is 105 Å². The van der Waals surface area contributed by atoms with E-state index < -0.39 is 38.1 Å². The first-order valence-electron chi connectivity index (χ1n) is 12.5. The Labute approximate surface area is 208 Å². The first-order chi connectivity index (χ1) is 15.2. The fraction of sp³-hybridized carbons (Fsp3) is 0.846. The van der Waals surface area contributed by atoms with E-state index in [-0.39, 0.29) is 17.4 Å². The lowest BCUT2D eigenvalue weighted by Gasteiger charge is -2.43. The van der Waals surface area contributed by atoms with Crippen molar-refractivity contribution in [2.45, 2.75) is 130 Å². The Hall–Kier alpha value is -1.38. The van der Waals surface area contributed by atoms with Crippen LogP contribution in [0.5, 0.6) is 0 Å². The van der Waals surface area contributed by atoms with Crippen molar-refractivity contribution in [1.29, 1.82) is 0 Å². The quantitative estimate of drug-likeness (QED) is 0.191. The van der Waals surface area contributed by atoms with Gasteiger partial charge in [0.2, 0.25) is 0 Å². The summed E-state index contributed by atoms with van der Waals surface area (Å²) in [6, 6.07) is -0.691. The van der Waals surface area contributed by atoms with Gasteiger partial charge >= 0.3 is 12.1 Å². The highest BCUT2D eigenvalue weighted by molar-refractivity contribution is 6.77. The molecule has 34 heavy (non-hydrogen) atoms. The van der Waals surface area contributed by atoms with Gasteiger partial charge in [0.1, 0.15) is 5.60 Å². The third-order valence-electron chi connectivity index (χ3n) is 6.54. The van der Waals surface area contributed by atoms with Gasteiger partial charge in [-0.25, -0.2) is 9.59 Å². The van der Waals surface area contributed by atoms with Crippen molar-refractivity contribution in [3.8, 4) is 0 Å². The molecule has 0 radical (unpaired) electrons. The molecule has 0 aliphatic rings. The number of carboxylic acid groups (broad SMARTS) is 1. The van der Waals surface area contributed by atoms with Crippen molar-refractivity contribution in [1.82, 2.24) is 5.32 Å². The highest BCUT2D eigenvalue weighted by atomic mass is 28.4. The summed E-state index contributed by atoms with van der Waals surface area (Å²) in [5.41, 5.74) is 0.386. The second-order valence-electron chi connectivity index (χ2n) is 12.2. The molecule has 0 bridgehead atoms. The van der Waals surface area contributed by atoms with Crippen LogP contribution in [0.15, 0.2) is 12.2 Å². The molecule has 8 heteroatoms. The van der Waals surface area contributed by atoms with E-state index >= 15 is 0 Å². The van der Waals surface area contributed by atoms with E-state index in [0.717, 1.165) is 6.42 Å². The van der Waals surface area contributed by atoms with Gasteiger partial charge in [0.25, 0.3) is 0 Å². The van der Waals surface area contributed by atoms with Crippen LogP contribution >= 0.6 is 0 Å². The van der Waals surface area contributed by atoms with Gasteiger partial charge in [0, 0.05) is 18.6 Å². The maximum absolute atomic E-state index is 12.4. The van der Waals surface area contributed by atoms with Gasteiger partial charge < -0.3 is 24.7 Å². The number of amides is 1. The number of aliphatic hydroxyl groups excluding tert-OH is 1. The van der Waals surface area contributed by atoms with Crippen LogP contribution in [-0.4, -0.2) is 54.9 Å². The minimum Gasteiger partial charge on any atom is -0.478 e. The predicted molar refractivity (Wildman–Crippen MR) is 141 cm³/mol. The second kappa shape index (κ2) is 13.1. The zero-order valence-electron chi connectivity index (χ0n) is 23.4. The molecule has 2 atom stereocenters. The van der Waals surface area contributed by atoms with Crippen LogP contribution in [0.4, 0.5) is 4.79 Å². The van der Waals surface area contributed by atoms with Crippen LogP contribution in [0, 0.1) is 5.41 Å². The Morgan fingerprint density at radius 1 is 0.971 bits per heavy atom. The van der Waals surface area contributed by atoms with E-state index in [1.165, 1.54) is 0 Å². The first kappa shape index (κ1) is 32.6. The molecule has 0 aromatic carbocycles. The Kier molecular flexibility index (Phi) is 12.5. The number of nitrogens with one attached hydrogen (secondary N) is 1. The molecule has 2 unspecified atom stereocenters. The van der Waals surface area contributed by atoms with Crippen molar-refractivity contribution in [2.24, 2.45) is 5.41 Å². The van der Waals surface area contributed by atoms with Crippen LogP contribution in [0.2, 0.25) is 16.6 Å². The standard InChI is InChI=1S/C26H51NO6Si/c1-17(2)34(18(3)4,19(5)6)32-14-13-26(11,12)16-21(22(28)15-20(7)23(29)30)27-24(31)33-25(8,9)10/h17-19,21-22,28H,7,13-16H2,1-6,8-12H3,(H,27,31)(H,29,30). The summed E-state index contributed by atoms with van der Waals surface area (Å²) in [5.74, 6) is -1.17. The molecular weight excluding hydrogens is 450 g/mol. The van der Waals surface area contributed by atoms with E-state index in [1.807, 2.05) is 0 Å². The molecule has 0 aliphatic carbocycles. The van der Waals surface area contributed by atoms with E-state index in [9.17, 15) is 19.8 Å². The highest BCUT2D eigenvalue weighted by Gasteiger charge is 2.45. The average molecular weight is 502 g/mol. The van der Waals surface area contributed by atoms with E-state index in [4.69, 9.17) is 9.16 Å². The van der Waals surface area contributed by atoms with Crippen LogP contribution < -0.4 is 5.32 Å². The lowest BCUT2D eigenvalue weighted by atomic mass is 9.80. The number of carbonyl (C=O) groups is 2. The van der Waals surface area contributed by atoms with E-state index in [1.54, 1.807) is 20.8 Å². The number of carbonyl (C=O) groups excluding carboxylic acids is 1. The molecule has 3 N–H and O–H groups in total. The Balaban J connectivity index is 5.50. The number of aliphatic carboxylic acids is 1. The van der Waals surface area contributed by atoms with E-state index in [0.29, 0.717) is 29.7 Å². The normalized spacial score (nSPS) is 14.9. The number of aliphatic hydroxyl groups is 1. The largest absolute Gasteiger partial charge is 0.478 e. The molecule has 200 valence electrons. The summed E-state index contributed by atoms with van der Waals surface area (Å²) in [7, 11) is -1.99. The molecule has 0 aromatic heterocycles. The first-order valence-corrected chi connectivity index (χ1v) is 14.6. The lowest BCUT2D eigenvalue weighted by molar-refractivity contribution is -0.133. The average Bonchev–Trinajstić information content (AvgIpc) is 2.61. The van der Waals surface area contributed by atoms with Gasteiger partial charge in [-0.3, -0.25) is 0 Å². The van der Waals surface area contributed by atoms with Crippen LogP contribution in [0.3, 0.4) is 0 Å². The number of hydrogen-bond donors (Lipinski definition) is 3. The number of rotatable bonds is 14. The third kappa shape index (κ3) is 10.5. The zero-order chi connectivity index (χ0) is 27.1. The zero-order valence-corrected chi connectivity index (χ0v) is 24.4. The van der Waals surface area contributed by atoms with Crippen LogP contribution in [0.25, 0.3) is 0 Å². The van der Waals surface area contributed by atoms with Gasteiger partial charge in [0.15, 0.2) is 8.32 Å². The summed E-state index contributed by atoms with van der Waals surface area (Å²) < 4.78 is 12.1. The number of carboxylic acids is 1.